The standard InChI is InChI=1S/C32H43NO6Si2/c1-19(2)40(20(3)4)25-13-9-11-23(17-25)29(31(36)37)30(32(38)39-33-27(34)15-16-28(33)35)24-12-10-14-26(18-24)41(21(5)6)22(7)8/h9-22,29-30,34-35H,1-8H3,(H,36,37). The summed E-state index contributed by atoms with van der Waals surface area (Å²) in [6, 6.07) is 17.7. The Labute approximate surface area is 247 Å². The zero-order valence-electron chi connectivity index (χ0n) is 25.3. The van der Waals surface area contributed by atoms with Crippen LogP contribution in [-0.4, -0.2) is 49.6 Å². The Morgan fingerprint density at radius 3 is 1.41 bits per heavy atom. The third-order valence-corrected chi connectivity index (χ3v) is 14.4. The van der Waals surface area contributed by atoms with Crippen LogP contribution in [0.2, 0.25) is 22.2 Å². The molecule has 0 bridgehead atoms. The summed E-state index contributed by atoms with van der Waals surface area (Å²) >= 11 is 0. The summed E-state index contributed by atoms with van der Waals surface area (Å²) in [7, 11) is -2.04. The van der Waals surface area contributed by atoms with E-state index in [1.807, 2.05) is 24.3 Å². The number of carbonyl (C=O) groups excluding carboxylic acids is 1. The maximum absolute atomic E-state index is 13.9. The van der Waals surface area contributed by atoms with Gasteiger partial charge in [0.1, 0.15) is 5.92 Å². The van der Waals surface area contributed by atoms with Gasteiger partial charge in [-0.05, 0) is 33.3 Å². The Morgan fingerprint density at radius 2 is 1.05 bits per heavy atom. The molecular formula is C32H43NO6Si2. The number of aliphatic carboxylic acids is 1. The van der Waals surface area contributed by atoms with Gasteiger partial charge in [0.25, 0.3) is 0 Å². The third-order valence-electron chi connectivity index (χ3n) is 7.48. The molecule has 9 heteroatoms. The molecule has 2 radical (unpaired) electrons. The predicted molar refractivity (Wildman–Crippen MR) is 167 cm³/mol. The molecule has 0 spiro atoms. The first-order valence-electron chi connectivity index (χ1n) is 14.2. The van der Waals surface area contributed by atoms with Crippen molar-refractivity contribution in [1.82, 2.24) is 4.73 Å². The minimum atomic E-state index is -1.26. The van der Waals surface area contributed by atoms with Crippen LogP contribution in [0.1, 0.15) is 78.4 Å². The molecular weight excluding hydrogens is 551 g/mol. The summed E-state index contributed by atoms with van der Waals surface area (Å²) in [5, 5.41) is 33.2. The van der Waals surface area contributed by atoms with E-state index in [-0.39, 0.29) is 0 Å². The molecule has 1 heterocycles. The lowest BCUT2D eigenvalue weighted by Crippen LogP contribution is -2.38. The van der Waals surface area contributed by atoms with E-state index in [1.54, 1.807) is 12.1 Å². The highest BCUT2D eigenvalue weighted by Crippen LogP contribution is 2.35. The van der Waals surface area contributed by atoms with E-state index in [1.165, 1.54) is 12.1 Å². The summed E-state index contributed by atoms with van der Waals surface area (Å²) in [4.78, 5) is 32.4. The number of aromatic nitrogens is 1. The van der Waals surface area contributed by atoms with Crippen molar-refractivity contribution in [2.75, 3.05) is 0 Å². The first-order valence-corrected chi connectivity index (χ1v) is 17.5. The number of carbonyl (C=O) groups is 2. The molecule has 0 amide bonds. The maximum Gasteiger partial charge on any atom is 0.341 e. The number of carboxylic acids is 1. The van der Waals surface area contributed by atoms with Gasteiger partial charge in [-0.15, -0.1) is 4.73 Å². The summed E-state index contributed by atoms with van der Waals surface area (Å²) < 4.78 is 0.616. The Hall–Kier alpha value is -3.31. The van der Waals surface area contributed by atoms with Crippen molar-refractivity contribution in [3.05, 3.63) is 71.8 Å². The van der Waals surface area contributed by atoms with Gasteiger partial charge in [-0.1, -0.05) is 114 Å². The quantitative estimate of drug-likeness (QED) is 0.238. The van der Waals surface area contributed by atoms with Crippen molar-refractivity contribution in [3.63, 3.8) is 0 Å². The normalized spacial score (nSPS) is 13.5. The monoisotopic (exact) mass is 593 g/mol. The van der Waals surface area contributed by atoms with Gasteiger partial charge in [0.05, 0.1) is 23.5 Å². The number of nitrogens with zero attached hydrogens (tertiary/aromatic N) is 1. The van der Waals surface area contributed by atoms with Gasteiger partial charge in [-0.2, -0.15) is 0 Å². The van der Waals surface area contributed by atoms with E-state index >= 15 is 0 Å². The van der Waals surface area contributed by atoms with Gasteiger partial charge in [-0.25, -0.2) is 4.79 Å². The number of aromatic hydroxyl groups is 2. The molecule has 0 aliphatic rings. The SMILES string of the molecule is CC(C)[Si](c1cccc(C(C(=O)O)C(C(=O)On2c(O)ccc2O)c2cccc([Si](C(C)C)C(C)C)c2)c1)C(C)C. The Morgan fingerprint density at radius 1 is 0.659 bits per heavy atom. The fourth-order valence-corrected chi connectivity index (χ4v) is 12.7. The molecule has 0 aliphatic carbocycles. The molecule has 0 aliphatic heterocycles. The van der Waals surface area contributed by atoms with Crippen molar-refractivity contribution < 1.29 is 29.7 Å². The van der Waals surface area contributed by atoms with Crippen LogP contribution in [0.4, 0.5) is 0 Å². The van der Waals surface area contributed by atoms with Crippen LogP contribution < -0.4 is 15.2 Å². The lowest BCUT2D eigenvalue weighted by molar-refractivity contribution is -0.152. The Bertz CT molecular complexity index is 1310. The highest BCUT2D eigenvalue weighted by Gasteiger charge is 2.40. The second-order valence-corrected chi connectivity index (χ2v) is 19.4. The Balaban J connectivity index is 2.22. The fraction of sp³-hybridized carbons (Fsp3) is 0.438. The highest BCUT2D eigenvalue weighted by molar-refractivity contribution is 6.76. The summed E-state index contributed by atoms with van der Waals surface area (Å²) in [5.74, 6) is -5.47. The molecule has 2 atom stereocenters. The van der Waals surface area contributed by atoms with E-state index in [2.05, 4.69) is 67.5 Å². The van der Waals surface area contributed by atoms with Crippen LogP contribution >= 0.6 is 0 Å². The molecule has 3 N–H and O–H groups in total. The lowest BCUT2D eigenvalue weighted by atomic mass is 9.81. The molecule has 2 aromatic carbocycles. The average molecular weight is 594 g/mol. The van der Waals surface area contributed by atoms with E-state index in [0.29, 0.717) is 38.0 Å². The molecule has 3 aromatic rings. The first kappa shape index (κ1) is 32.2. The number of benzene rings is 2. The number of hydrogen-bond acceptors (Lipinski definition) is 5. The summed E-state index contributed by atoms with van der Waals surface area (Å²) in [6.45, 7) is 17.6. The van der Waals surface area contributed by atoms with Gasteiger partial charge in [-0.3, -0.25) is 4.79 Å². The van der Waals surface area contributed by atoms with Crippen LogP contribution in [0.15, 0.2) is 60.7 Å². The molecule has 0 saturated carbocycles. The maximum atomic E-state index is 13.9. The van der Waals surface area contributed by atoms with Gasteiger partial charge < -0.3 is 20.2 Å². The van der Waals surface area contributed by atoms with Crippen LogP contribution in [0.25, 0.3) is 0 Å². The molecule has 1 aromatic heterocycles. The minimum absolute atomic E-state index is 0.425. The van der Waals surface area contributed by atoms with E-state index in [0.717, 1.165) is 10.4 Å². The summed E-state index contributed by atoms with van der Waals surface area (Å²) in [5.41, 5.74) is 2.76. The van der Waals surface area contributed by atoms with E-state index < -0.39 is 53.1 Å². The first-order chi connectivity index (χ1) is 19.2. The highest BCUT2D eigenvalue weighted by atomic mass is 28.3. The number of rotatable bonds is 12. The van der Waals surface area contributed by atoms with Crippen LogP contribution in [0, 0.1) is 0 Å². The Kier molecular flexibility index (Phi) is 10.7. The zero-order chi connectivity index (χ0) is 30.6. The van der Waals surface area contributed by atoms with Crippen LogP contribution in [0.3, 0.4) is 0 Å². The average Bonchev–Trinajstić information content (AvgIpc) is 3.18. The molecule has 0 saturated heterocycles. The molecule has 3 rings (SSSR count). The van der Waals surface area contributed by atoms with Crippen molar-refractivity contribution >= 4 is 39.9 Å². The molecule has 41 heavy (non-hydrogen) atoms. The van der Waals surface area contributed by atoms with Gasteiger partial charge in [0.15, 0.2) is 0 Å². The topological polar surface area (TPSA) is 109 Å². The largest absolute Gasteiger partial charge is 0.492 e. The molecule has 7 nitrogen and oxygen atoms in total. The van der Waals surface area contributed by atoms with Crippen molar-refractivity contribution in [3.8, 4) is 11.8 Å². The zero-order valence-corrected chi connectivity index (χ0v) is 27.3. The molecule has 2 unspecified atom stereocenters. The summed E-state index contributed by atoms with van der Waals surface area (Å²) in [6.07, 6.45) is 0. The number of hydrogen-bond donors (Lipinski definition) is 3. The second-order valence-electron chi connectivity index (χ2n) is 11.8. The minimum Gasteiger partial charge on any atom is -0.492 e. The van der Waals surface area contributed by atoms with E-state index in [4.69, 9.17) is 4.84 Å². The van der Waals surface area contributed by atoms with Crippen LogP contribution in [-0.2, 0) is 9.59 Å². The molecule has 0 fully saturated rings. The van der Waals surface area contributed by atoms with E-state index in [9.17, 15) is 24.9 Å². The van der Waals surface area contributed by atoms with Gasteiger partial charge in [0, 0.05) is 12.1 Å². The third kappa shape index (κ3) is 7.32. The molecule has 220 valence electrons. The second kappa shape index (κ2) is 13.6. The smallest absolute Gasteiger partial charge is 0.341 e. The van der Waals surface area contributed by atoms with Crippen molar-refractivity contribution in [2.24, 2.45) is 0 Å². The van der Waals surface area contributed by atoms with Crippen molar-refractivity contribution in [2.45, 2.75) is 89.4 Å². The van der Waals surface area contributed by atoms with Gasteiger partial charge in [0.2, 0.25) is 11.8 Å². The fourth-order valence-electron chi connectivity index (χ4n) is 6.07. The van der Waals surface area contributed by atoms with Gasteiger partial charge >= 0.3 is 11.9 Å². The predicted octanol–water partition coefficient (Wildman–Crippen LogP) is 5.55. The van der Waals surface area contributed by atoms with Crippen LogP contribution in [0.5, 0.6) is 11.8 Å². The van der Waals surface area contributed by atoms with Crippen molar-refractivity contribution in [1.29, 1.82) is 0 Å². The lowest BCUT2D eigenvalue weighted by Gasteiger charge is -2.28. The number of carboxylic acid groups (broad SMARTS) is 1.